The molecule has 0 atom stereocenters. The molecule has 136 valence electrons. The molecule has 0 unspecified atom stereocenters. The molecule has 1 aromatic heterocycles. The summed E-state index contributed by atoms with van der Waals surface area (Å²) in [6, 6.07) is 6.17. The van der Waals surface area contributed by atoms with E-state index in [4.69, 9.17) is 4.74 Å². The maximum atomic E-state index is 13.5. The van der Waals surface area contributed by atoms with E-state index in [2.05, 4.69) is 23.2 Å². The first kappa shape index (κ1) is 17.0. The first-order chi connectivity index (χ1) is 12.6. The van der Waals surface area contributed by atoms with Crippen LogP contribution in [0, 0.1) is 5.82 Å². The highest BCUT2D eigenvalue weighted by Crippen LogP contribution is 2.34. The summed E-state index contributed by atoms with van der Waals surface area (Å²) >= 11 is 0. The van der Waals surface area contributed by atoms with E-state index in [1.165, 1.54) is 23.9 Å². The molecule has 0 bridgehead atoms. The van der Waals surface area contributed by atoms with Gasteiger partial charge in [0, 0.05) is 18.7 Å². The third kappa shape index (κ3) is 3.17. The van der Waals surface area contributed by atoms with Crippen LogP contribution >= 0.6 is 0 Å². The molecule has 2 aliphatic rings. The van der Waals surface area contributed by atoms with Crippen molar-refractivity contribution in [1.29, 1.82) is 0 Å². The smallest absolute Gasteiger partial charge is 0.257 e. The molecule has 4 rings (SSSR count). The van der Waals surface area contributed by atoms with Crippen molar-refractivity contribution in [3.63, 3.8) is 0 Å². The maximum Gasteiger partial charge on any atom is 0.257 e. The molecule has 2 aromatic rings. The molecule has 0 aliphatic carbocycles. The average molecular weight is 355 g/mol. The third-order valence-electron chi connectivity index (χ3n) is 5.28. The van der Waals surface area contributed by atoms with Gasteiger partial charge in [-0.25, -0.2) is 4.39 Å². The van der Waals surface area contributed by atoms with Crippen LogP contribution in [0.2, 0.25) is 0 Å². The molecule has 6 heteroatoms. The van der Waals surface area contributed by atoms with Crippen molar-refractivity contribution in [2.75, 3.05) is 19.7 Å². The lowest BCUT2D eigenvalue weighted by Gasteiger charge is -2.42. The van der Waals surface area contributed by atoms with E-state index in [-0.39, 0.29) is 17.3 Å². The minimum atomic E-state index is -0.341. The quantitative estimate of drug-likeness (QED) is 0.838. The highest BCUT2D eigenvalue weighted by atomic mass is 19.1. The summed E-state index contributed by atoms with van der Waals surface area (Å²) in [6.07, 6.45) is 6.32. The number of halogens is 1. The number of hydrogen-bond donors (Lipinski definition) is 1. The Morgan fingerprint density at radius 2 is 2.15 bits per heavy atom. The summed E-state index contributed by atoms with van der Waals surface area (Å²) in [7, 11) is 0. The molecule has 0 radical (unpaired) electrons. The number of benzene rings is 1. The number of nitrogens with one attached hydrogen (secondary N) is 1. The molecule has 3 heterocycles. The lowest BCUT2D eigenvalue weighted by molar-refractivity contribution is -0.0522. The number of rotatable bonds is 2. The average Bonchev–Trinajstić information content (AvgIpc) is 3.11. The van der Waals surface area contributed by atoms with Gasteiger partial charge in [0.25, 0.3) is 5.91 Å². The second-order valence-electron chi connectivity index (χ2n) is 7.12. The molecule has 0 saturated carbocycles. The van der Waals surface area contributed by atoms with Gasteiger partial charge in [-0.15, -0.1) is 0 Å². The van der Waals surface area contributed by atoms with E-state index in [1.54, 1.807) is 12.1 Å². The first-order valence-electron chi connectivity index (χ1n) is 8.97. The van der Waals surface area contributed by atoms with Crippen molar-refractivity contribution in [1.82, 2.24) is 15.1 Å². The topological polar surface area (TPSA) is 58.2 Å². The fourth-order valence-electron chi connectivity index (χ4n) is 3.84. The number of amides is 1. The van der Waals surface area contributed by atoms with E-state index in [9.17, 15) is 9.18 Å². The minimum absolute atomic E-state index is 0.0793. The summed E-state index contributed by atoms with van der Waals surface area (Å²) in [5.41, 5.74) is 2.79. The first-order valence-corrected chi connectivity index (χ1v) is 8.97. The van der Waals surface area contributed by atoms with Crippen molar-refractivity contribution in [3.8, 4) is 11.3 Å². The third-order valence-corrected chi connectivity index (χ3v) is 5.28. The fourth-order valence-corrected chi connectivity index (χ4v) is 3.84. The van der Waals surface area contributed by atoms with E-state index in [0.717, 1.165) is 25.9 Å². The summed E-state index contributed by atoms with van der Waals surface area (Å²) < 4.78 is 19.6. The summed E-state index contributed by atoms with van der Waals surface area (Å²) in [4.78, 5) is 14.8. The van der Waals surface area contributed by atoms with Gasteiger partial charge in [0.2, 0.25) is 0 Å². The van der Waals surface area contributed by atoms with E-state index >= 15 is 0 Å². The second-order valence-corrected chi connectivity index (χ2v) is 7.12. The van der Waals surface area contributed by atoms with Crippen LogP contribution in [0.5, 0.6) is 0 Å². The van der Waals surface area contributed by atoms with Crippen molar-refractivity contribution in [3.05, 3.63) is 53.5 Å². The maximum absolute atomic E-state index is 13.5. The lowest BCUT2D eigenvalue weighted by Crippen LogP contribution is -2.48. The Morgan fingerprint density at radius 1 is 1.35 bits per heavy atom. The largest absolute Gasteiger partial charge is 0.370 e. The molecule has 1 spiro atoms. The van der Waals surface area contributed by atoms with Crippen molar-refractivity contribution >= 4 is 5.91 Å². The summed E-state index contributed by atoms with van der Waals surface area (Å²) in [5, 5.41) is 6.84. The molecular formula is C20H22FN3O2. The van der Waals surface area contributed by atoms with E-state index < -0.39 is 0 Å². The Labute approximate surface area is 151 Å². The van der Waals surface area contributed by atoms with Gasteiger partial charge >= 0.3 is 0 Å². The molecular weight excluding hydrogens is 333 g/mol. The molecule has 2 aliphatic heterocycles. The normalized spacial score (nSPS) is 19.5. The van der Waals surface area contributed by atoms with Gasteiger partial charge in [0.1, 0.15) is 5.82 Å². The fraction of sp³-hybridized carbons (Fsp3) is 0.400. The zero-order chi connectivity index (χ0) is 18.1. The van der Waals surface area contributed by atoms with Gasteiger partial charge in [-0.1, -0.05) is 23.8 Å². The minimum Gasteiger partial charge on any atom is -0.370 e. The molecule has 1 saturated heterocycles. The standard InChI is InChI=1S/C20H22FN3O2/c1-14-5-10-26-20(12-14)6-8-24(9-7-20)19(25)17-13-22-23-18(17)15-3-2-4-16(21)11-15/h2-4,11-13H,5-10H2,1H3,(H,22,23). The Hall–Kier alpha value is -2.47. The molecule has 1 N–H and O–H groups in total. The van der Waals surface area contributed by atoms with Crippen molar-refractivity contribution < 1.29 is 13.9 Å². The van der Waals surface area contributed by atoms with Gasteiger partial charge < -0.3 is 9.64 Å². The van der Waals surface area contributed by atoms with Crippen LogP contribution < -0.4 is 0 Å². The number of likely N-dealkylation sites (tertiary alicyclic amines) is 1. The second kappa shape index (κ2) is 6.68. The number of piperidine rings is 1. The van der Waals surface area contributed by atoms with Crippen LogP contribution in [-0.2, 0) is 4.74 Å². The lowest BCUT2D eigenvalue weighted by atomic mass is 9.86. The highest BCUT2D eigenvalue weighted by molar-refractivity contribution is 5.99. The molecule has 1 fully saturated rings. The number of ether oxygens (including phenoxy) is 1. The van der Waals surface area contributed by atoms with Crippen molar-refractivity contribution in [2.45, 2.75) is 31.8 Å². The van der Waals surface area contributed by atoms with Crippen LogP contribution in [0.1, 0.15) is 36.5 Å². The van der Waals surface area contributed by atoms with Crippen LogP contribution in [0.4, 0.5) is 4.39 Å². The number of aromatic nitrogens is 2. The Morgan fingerprint density at radius 3 is 2.88 bits per heavy atom. The highest BCUT2D eigenvalue weighted by Gasteiger charge is 2.37. The zero-order valence-corrected chi connectivity index (χ0v) is 14.8. The van der Waals surface area contributed by atoms with Crippen LogP contribution in [-0.4, -0.2) is 46.3 Å². The van der Waals surface area contributed by atoms with Gasteiger partial charge in [-0.05, 0) is 38.3 Å². The summed E-state index contributed by atoms with van der Waals surface area (Å²) in [6.45, 7) is 4.16. The Balaban J connectivity index is 1.52. The number of carbonyl (C=O) groups is 1. The van der Waals surface area contributed by atoms with Crippen LogP contribution in [0.3, 0.4) is 0 Å². The molecule has 26 heavy (non-hydrogen) atoms. The van der Waals surface area contributed by atoms with Crippen LogP contribution in [0.25, 0.3) is 11.3 Å². The van der Waals surface area contributed by atoms with Crippen molar-refractivity contribution in [2.24, 2.45) is 0 Å². The number of hydrogen-bond acceptors (Lipinski definition) is 3. The van der Waals surface area contributed by atoms with E-state index in [0.29, 0.717) is 29.9 Å². The molecule has 1 amide bonds. The van der Waals surface area contributed by atoms with Gasteiger partial charge in [-0.3, -0.25) is 9.89 Å². The number of H-pyrrole nitrogens is 1. The molecule has 5 nitrogen and oxygen atoms in total. The Kier molecular flexibility index (Phi) is 4.36. The van der Waals surface area contributed by atoms with Gasteiger partial charge in [0.15, 0.2) is 0 Å². The number of carbonyl (C=O) groups excluding carboxylic acids is 1. The zero-order valence-electron chi connectivity index (χ0n) is 14.8. The van der Waals surface area contributed by atoms with Gasteiger partial charge in [0.05, 0.1) is 29.7 Å². The number of aromatic amines is 1. The SMILES string of the molecule is CC1=CC2(CCN(C(=O)c3cn[nH]c3-c3cccc(F)c3)CC2)OCC1. The molecule has 1 aromatic carbocycles. The Bertz CT molecular complexity index is 850. The van der Waals surface area contributed by atoms with Crippen LogP contribution in [0.15, 0.2) is 42.1 Å². The predicted molar refractivity (Wildman–Crippen MR) is 96.2 cm³/mol. The summed E-state index contributed by atoms with van der Waals surface area (Å²) in [5.74, 6) is -0.420. The number of nitrogens with zero attached hydrogens (tertiary/aromatic N) is 2. The van der Waals surface area contributed by atoms with E-state index in [1.807, 2.05) is 4.90 Å². The van der Waals surface area contributed by atoms with Gasteiger partial charge in [-0.2, -0.15) is 5.10 Å². The monoisotopic (exact) mass is 355 g/mol. The predicted octanol–water partition coefficient (Wildman–Crippen LogP) is 3.56.